The predicted molar refractivity (Wildman–Crippen MR) is 116 cm³/mol. The van der Waals surface area contributed by atoms with Gasteiger partial charge in [-0.1, -0.05) is 18.2 Å². The molecule has 10 nitrogen and oxygen atoms in total. The van der Waals surface area contributed by atoms with Gasteiger partial charge < -0.3 is 9.64 Å². The molecule has 0 spiro atoms. The number of benzene rings is 1. The standard InChI is InChI=1S/C22H20F3N7O3/c23-22(24,25)21-28-27-17-6-7-18(29-32(17)21)30-11-8-15(9-12-30)20(34)35-14-19(33)31(13-10-26)16-4-2-1-3-5-16/h1-7,15H,8-9,11-14H2. The lowest BCUT2D eigenvalue weighted by Gasteiger charge is -2.31. The third kappa shape index (κ3) is 5.32. The van der Waals surface area contributed by atoms with Gasteiger partial charge in [-0.2, -0.15) is 22.9 Å². The number of carbonyl (C=O) groups excluding carboxylic acids is 2. The third-order valence-corrected chi connectivity index (χ3v) is 5.59. The molecule has 1 aliphatic heterocycles. The van der Waals surface area contributed by atoms with E-state index in [0.717, 1.165) is 0 Å². The molecule has 0 N–H and O–H groups in total. The van der Waals surface area contributed by atoms with Gasteiger partial charge in [0.05, 0.1) is 12.0 Å². The lowest BCUT2D eigenvalue weighted by molar-refractivity contribution is -0.152. The van der Waals surface area contributed by atoms with E-state index >= 15 is 0 Å². The summed E-state index contributed by atoms with van der Waals surface area (Å²) in [6, 6.07) is 13.5. The fraction of sp³-hybridized carbons (Fsp3) is 0.364. The van der Waals surface area contributed by atoms with Crippen molar-refractivity contribution in [3.63, 3.8) is 0 Å². The van der Waals surface area contributed by atoms with Gasteiger partial charge in [-0.25, -0.2) is 0 Å². The Morgan fingerprint density at radius 3 is 2.49 bits per heavy atom. The SMILES string of the molecule is N#CCN(C(=O)COC(=O)C1CCN(c2ccc3nnc(C(F)(F)F)n3n2)CC1)c1ccccc1. The number of fused-ring (bicyclic) bond motifs is 1. The Morgan fingerprint density at radius 2 is 1.83 bits per heavy atom. The van der Waals surface area contributed by atoms with Gasteiger partial charge in [-0.15, -0.1) is 15.3 Å². The first-order chi connectivity index (χ1) is 16.8. The number of rotatable bonds is 6. The molecule has 2 aromatic heterocycles. The molecule has 1 aromatic carbocycles. The van der Waals surface area contributed by atoms with E-state index in [1.165, 1.54) is 11.0 Å². The lowest BCUT2D eigenvalue weighted by Crippen LogP contribution is -2.39. The van der Waals surface area contributed by atoms with Crippen LogP contribution in [-0.2, 0) is 20.5 Å². The topological polar surface area (TPSA) is 117 Å². The maximum Gasteiger partial charge on any atom is 0.453 e. The van der Waals surface area contributed by atoms with Crippen LogP contribution in [-0.4, -0.2) is 57.9 Å². The summed E-state index contributed by atoms with van der Waals surface area (Å²) >= 11 is 0. The van der Waals surface area contributed by atoms with Crippen LogP contribution in [0.3, 0.4) is 0 Å². The Morgan fingerprint density at radius 1 is 1.11 bits per heavy atom. The predicted octanol–water partition coefficient (Wildman–Crippen LogP) is 2.46. The van der Waals surface area contributed by atoms with E-state index in [1.807, 2.05) is 6.07 Å². The second-order valence-electron chi connectivity index (χ2n) is 7.83. The minimum atomic E-state index is -4.69. The van der Waals surface area contributed by atoms with Gasteiger partial charge in [0.1, 0.15) is 12.4 Å². The Balaban J connectivity index is 1.33. The summed E-state index contributed by atoms with van der Waals surface area (Å²) in [6.45, 7) is 0.0425. The molecule has 13 heteroatoms. The molecule has 3 heterocycles. The molecule has 3 aromatic rings. The molecular weight excluding hydrogens is 467 g/mol. The van der Waals surface area contributed by atoms with Crippen molar-refractivity contribution >= 4 is 29.0 Å². The fourth-order valence-corrected chi connectivity index (χ4v) is 3.80. The third-order valence-electron chi connectivity index (χ3n) is 5.59. The Bertz CT molecular complexity index is 1250. The van der Waals surface area contributed by atoms with Crippen LogP contribution >= 0.6 is 0 Å². The highest BCUT2D eigenvalue weighted by molar-refractivity contribution is 5.95. The van der Waals surface area contributed by atoms with Gasteiger partial charge in [0.2, 0.25) is 0 Å². The summed E-state index contributed by atoms with van der Waals surface area (Å²) < 4.78 is 45.2. The lowest BCUT2D eigenvalue weighted by atomic mass is 9.97. The molecule has 1 saturated heterocycles. The number of piperidine rings is 1. The van der Waals surface area contributed by atoms with Gasteiger partial charge >= 0.3 is 12.1 Å². The molecule has 0 atom stereocenters. The first-order valence-electron chi connectivity index (χ1n) is 10.7. The van der Waals surface area contributed by atoms with Crippen LogP contribution in [0.2, 0.25) is 0 Å². The summed E-state index contributed by atoms with van der Waals surface area (Å²) in [5.41, 5.74) is 0.500. The van der Waals surface area contributed by atoms with Gasteiger partial charge in [0.25, 0.3) is 11.7 Å². The number of halogens is 3. The number of esters is 1. The summed E-state index contributed by atoms with van der Waals surface area (Å²) in [4.78, 5) is 28.0. The monoisotopic (exact) mass is 487 g/mol. The summed E-state index contributed by atoms with van der Waals surface area (Å²) in [5.74, 6) is -2.43. The zero-order valence-corrected chi connectivity index (χ0v) is 18.4. The van der Waals surface area contributed by atoms with Crippen LogP contribution in [0.25, 0.3) is 5.65 Å². The summed E-state index contributed by atoms with van der Waals surface area (Å²) in [6.07, 6.45) is -3.94. The molecular formula is C22H20F3N7O3. The molecule has 1 aliphatic rings. The second kappa shape index (κ2) is 9.96. The molecule has 0 aliphatic carbocycles. The molecule has 0 unspecified atom stereocenters. The molecule has 0 bridgehead atoms. The van der Waals surface area contributed by atoms with Crippen LogP contribution in [0.1, 0.15) is 18.7 Å². The molecule has 182 valence electrons. The smallest absolute Gasteiger partial charge is 0.453 e. The van der Waals surface area contributed by atoms with Crippen molar-refractivity contribution in [2.24, 2.45) is 5.92 Å². The number of amides is 1. The van der Waals surface area contributed by atoms with Gasteiger partial charge in [-0.3, -0.25) is 14.5 Å². The quantitative estimate of drug-likeness (QED) is 0.385. The number of aromatic nitrogens is 4. The zero-order valence-electron chi connectivity index (χ0n) is 18.4. The van der Waals surface area contributed by atoms with Crippen molar-refractivity contribution in [2.45, 2.75) is 19.0 Å². The van der Waals surface area contributed by atoms with Crippen molar-refractivity contribution in [1.82, 2.24) is 19.8 Å². The van der Waals surface area contributed by atoms with Crippen LogP contribution < -0.4 is 9.80 Å². The van der Waals surface area contributed by atoms with Crippen molar-refractivity contribution in [3.05, 3.63) is 48.3 Å². The zero-order chi connectivity index (χ0) is 25.0. The Hall–Kier alpha value is -4.21. The number of nitriles is 1. The van der Waals surface area contributed by atoms with Gasteiger partial charge in [-0.05, 0) is 37.1 Å². The Labute approximate surface area is 197 Å². The van der Waals surface area contributed by atoms with Crippen molar-refractivity contribution in [1.29, 1.82) is 5.26 Å². The number of nitrogens with zero attached hydrogens (tertiary/aromatic N) is 7. The van der Waals surface area contributed by atoms with E-state index in [9.17, 15) is 22.8 Å². The van der Waals surface area contributed by atoms with Gasteiger partial charge in [0, 0.05) is 18.8 Å². The number of carbonyl (C=O) groups is 2. The number of hydrogen-bond donors (Lipinski definition) is 0. The number of hydrogen-bond acceptors (Lipinski definition) is 8. The maximum atomic E-state index is 13.1. The molecule has 0 radical (unpaired) electrons. The van der Waals surface area contributed by atoms with Crippen molar-refractivity contribution in [2.75, 3.05) is 36.0 Å². The Kier molecular flexibility index (Phi) is 6.81. The second-order valence-corrected chi connectivity index (χ2v) is 7.83. The van der Waals surface area contributed by atoms with E-state index < -0.39 is 36.4 Å². The number of ether oxygens (including phenoxy) is 1. The number of alkyl halides is 3. The first-order valence-corrected chi connectivity index (χ1v) is 10.7. The first kappa shape index (κ1) is 23.9. The van der Waals surface area contributed by atoms with Gasteiger partial charge in [0.15, 0.2) is 12.3 Å². The average Bonchev–Trinajstić information content (AvgIpc) is 3.30. The largest absolute Gasteiger partial charge is 0.455 e. The van der Waals surface area contributed by atoms with Crippen LogP contribution in [0.15, 0.2) is 42.5 Å². The van der Waals surface area contributed by atoms with Crippen molar-refractivity contribution in [3.8, 4) is 6.07 Å². The fourth-order valence-electron chi connectivity index (χ4n) is 3.80. The normalized spacial score (nSPS) is 14.5. The van der Waals surface area contributed by atoms with E-state index in [-0.39, 0.29) is 12.2 Å². The van der Waals surface area contributed by atoms with Crippen LogP contribution in [0.4, 0.5) is 24.7 Å². The molecule has 0 saturated carbocycles. The van der Waals surface area contributed by atoms with E-state index in [1.54, 1.807) is 41.3 Å². The highest BCUT2D eigenvalue weighted by atomic mass is 19.4. The average molecular weight is 487 g/mol. The maximum absolute atomic E-state index is 13.1. The highest BCUT2D eigenvalue weighted by Crippen LogP contribution is 2.29. The van der Waals surface area contributed by atoms with E-state index in [2.05, 4.69) is 15.3 Å². The van der Waals surface area contributed by atoms with E-state index in [0.29, 0.717) is 42.0 Å². The van der Waals surface area contributed by atoms with Crippen molar-refractivity contribution < 1.29 is 27.5 Å². The van der Waals surface area contributed by atoms with E-state index in [4.69, 9.17) is 10.00 Å². The summed E-state index contributed by atoms with van der Waals surface area (Å²) in [5, 5.41) is 19.7. The summed E-state index contributed by atoms with van der Waals surface area (Å²) in [7, 11) is 0. The highest BCUT2D eigenvalue weighted by Gasteiger charge is 2.38. The number of para-hydroxylation sites is 1. The molecule has 1 amide bonds. The van der Waals surface area contributed by atoms with Crippen LogP contribution in [0.5, 0.6) is 0 Å². The molecule has 1 fully saturated rings. The minimum absolute atomic E-state index is 0.0230. The minimum Gasteiger partial charge on any atom is -0.455 e. The molecule has 4 rings (SSSR count). The molecule has 35 heavy (non-hydrogen) atoms. The van der Waals surface area contributed by atoms with Crippen LogP contribution in [0, 0.1) is 17.2 Å². The number of anilines is 2.